The molecular formula is C13H14O3. The van der Waals surface area contributed by atoms with E-state index in [1.807, 2.05) is 25.1 Å². The van der Waals surface area contributed by atoms with Crippen LogP contribution in [0.4, 0.5) is 0 Å². The number of furan rings is 1. The molecule has 0 radical (unpaired) electrons. The summed E-state index contributed by atoms with van der Waals surface area (Å²) in [5.41, 5.74) is 2.37. The Bertz CT molecular complexity index is 537. The van der Waals surface area contributed by atoms with Crippen LogP contribution in [0.2, 0.25) is 0 Å². The van der Waals surface area contributed by atoms with Gasteiger partial charge in [-0.05, 0) is 32.9 Å². The van der Waals surface area contributed by atoms with E-state index in [1.54, 1.807) is 13.8 Å². The number of fused-ring (bicyclic) bond motifs is 1. The molecule has 2 aromatic rings. The normalized spacial score (nSPS) is 10.7. The smallest absolute Gasteiger partial charge is 0.342 e. The largest absolute Gasteiger partial charge is 0.462 e. The van der Waals surface area contributed by atoms with Crippen LogP contribution in [0.5, 0.6) is 0 Å². The summed E-state index contributed by atoms with van der Waals surface area (Å²) in [6.07, 6.45) is 0. The summed E-state index contributed by atoms with van der Waals surface area (Å²) in [5.74, 6) is 0.295. The van der Waals surface area contributed by atoms with Crippen LogP contribution in [0.3, 0.4) is 0 Å². The van der Waals surface area contributed by atoms with Crippen LogP contribution in [0.15, 0.2) is 22.6 Å². The van der Waals surface area contributed by atoms with Crippen molar-refractivity contribution in [2.45, 2.75) is 20.8 Å². The topological polar surface area (TPSA) is 39.4 Å². The first-order chi connectivity index (χ1) is 7.63. The average Bonchev–Trinajstić information content (AvgIpc) is 2.53. The number of carbonyl (C=O) groups is 1. The summed E-state index contributed by atoms with van der Waals surface area (Å²) in [6.45, 7) is 5.93. The number of rotatable bonds is 2. The monoisotopic (exact) mass is 218 g/mol. The van der Waals surface area contributed by atoms with E-state index in [0.29, 0.717) is 17.9 Å². The molecule has 0 spiro atoms. The third kappa shape index (κ3) is 1.69. The number of esters is 1. The van der Waals surface area contributed by atoms with E-state index in [-0.39, 0.29) is 5.97 Å². The van der Waals surface area contributed by atoms with Gasteiger partial charge in [-0.3, -0.25) is 0 Å². The second kappa shape index (κ2) is 4.00. The zero-order valence-electron chi connectivity index (χ0n) is 9.66. The molecule has 0 saturated carbocycles. The summed E-state index contributed by atoms with van der Waals surface area (Å²) in [7, 11) is 0. The van der Waals surface area contributed by atoms with Crippen LogP contribution in [0, 0.1) is 13.8 Å². The lowest BCUT2D eigenvalue weighted by atomic mass is 10.1. The van der Waals surface area contributed by atoms with Gasteiger partial charge in [0.1, 0.15) is 16.9 Å². The molecule has 0 aliphatic heterocycles. The Morgan fingerprint density at radius 2 is 2.12 bits per heavy atom. The molecule has 1 aromatic heterocycles. The summed E-state index contributed by atoms with van der Waals surface area (Å²) >= 11 is 0. The molecule has 16 heavy (non-hydrogen) atoms. The number of aryl methyl sites for hydroxylation is 2. The fraction of sp³-hybridized carbons (Fsp3) is 0.308. The number of hydrogen-bond donors (Lipinski definition) is 0. The highest BCUT2D eigenvalue weighted by atomic mass is 16.5. The van der Waals surface area contributed by atoms with Crippen LogP contribution >= 0.6 is 0 Å². The molecule has 3 nitrogen and oxygen atoms in total. The molecule has 0 amide bonds. The molecule has 3 heteroatoms. The third-order valence-electron chi connectivity index (χ3n) is 2.50. The zero-order chi connectivity index (χ0) is 11.7. The Labute approximate surface area is 94.0 Å². The molecule has 0 aliphatic carbocycles. The van der Waals surface area contributed by atoms with Crippen molar-refractivity contribution in [2.24, 2.45) is 0 Å². The van der Waals surface area contributed by atoms with Crippen molar-refractivity contribution in [3.05, 3.63) is 35.1 Å². The minimum atomic E-state index is -0.315. The Kier molecular flexibility index (Phi) is 2.69. The lowest BCUT2D eigenvalue weighted by Gasteiger charge is -2.00. The van der Waals surface area contributed by atoms with Gasteiger partial charge < -0.3 is 9.15 Å². The van der Waals surface area contributed by atoms with Crippen molar-refractivity contribution < 1.29 is 13.9 Å². The van der Waals surface area contributed by atoms with Crippen LogP contribution < -0.4 is 0 Å². The standard InChI is InChI=1S/C13H14O3/c1-4-15-13(14)12-9(3)16-11-6-5-8(2)7-10(11)12/h5-7H,4H2,1-3H3. The van der Waals surface area contributed by atoms with Crippen molar-refractivity contribution in [2.75, 3.05) is 6.61 Å². The SMILES string of the molecule is CCOC(=O)c1c(C)oc2ccc(C)cc12. The Balaban J connectivity index is 2.62. The quantitative estimate of drug-likeness (QED) is 0.726. The second-order valence-electron chi connectivity index (χ2n) is 3.75. The van der Waals surface area contributed by atoms with E-state index < -0.39 is 0 Å². The van der Waals surface area contributed by atoms with Gasteiger partial charge in [-0.1, -0.05) is 11.6 Å². The van der Waals surface area contributed by atoms with Gasteiger partial charge in [-0.15, -0.1) is 0 Å². The second-order valence-corrected chi connectivity index (χ2v) is 3.75. The molecule has 0 atom stereocenters. The van der Waals surface area contributed by atoms with E-state index in [2.05, 4.69) is 0 Å². The molecule has 0 bridgehead atoms. The van der Waals surface area contributed by atoms with Gasteiger partial charge in [0.25, 0.3) is 0 Å². The predicted molar refractivity (Wildman–Crippen MR) is 61.6 cm³/mol. The van der Waals surface area contributed by atoms with Crippen LogP contribution in [0.1, 0.15) is 28.6 Å². The van der Waals surface area contributed by atoms with Crippen molar-refractivity contribution in [3.8, 4) is 0 Å². The summed E-state index contributed by atoms with van der Waals surface area (Å²) in [5, 5.41) is 0.830. The molecule has 0 aliphatic rings. The Hall–Kier alpha value is -1.77. The first kappa shape index (κ1) is 10.7. The highest BCUT2D eigenvalue weighted by Gasteiger charge is 2.18. The number of carbonyl (C=O) groups excluding carboxylic acids is 1. The number of hydrogen-bond acceptors (Lipinski definition) is 3. The maximum Gasteiger partial charge on any atom is 0.342 e. The molecule has 0 saturated heterocycles. The lowest BCUT2D eigenvalue weighted by molar-refractivity contribution is 0.0526. The molecule has 84 valence electrons. The molecule has 2 rings (SSSR count). The van der Waals surface area contributed by atoms with E-state index in [1.165, 1.54) is 0 Å². The molecule has 0 N–H and O–H groups in total. The van der Waals surface area contributed by atoms with Crippen molar-refractivity contribution in [1.29, 1.82) is 0 Å². The number of benzene rings is 1. The summed E-state index contributed by atoms with van der Waals surface area (Å²) in [4.78, 5) is 11.8. The average molecular weight is 218 g/mol. The maximum atomic E-state index is 11.8. The lowest BCUT2D eigenvalue weighted by Crippen LogP contribution is -2.05. The molecular weight excluding hydrogens is 204 g/mol. The maximum absolute atomic E-state index is 11.8. The molecule has 1 aromatic carbocycles. The first-order valence-electron chi connectivity index (χ1n) is 5.30. The summed E-state index contributed by atoms with van der Waals surface area (Å²) < 4.78 is 10.5. The molecule has 0 unspecified atom stereocenters. The van der Waals surface area contributed by atoms with E-state index in [0.717, 1.165) is 16.5 Å². The molecule has 0 fully saturated rings. The van der Waals surface area contributed by atoms with Crippen molar-refractivity contribution in [3.63, 3.8) is 0 Å². The van der Waals surface area contributed by atoms with E-state index >= 15 is 0 Å². The highest BCUT2D eigenvalue weighted by molar-refractivity contribution is 6.04. The van der Waals surface area contributed by atoms with Gasteiger partial charge in [0.2, 0.25) is 0 Å². The van der Waals surface area contributed by atoms with Gasteiger partial charge in [-0.25, -0.2) is 4.79 Å². The van der Waals surface area contributed by atoms with E-state index in [4.69, 9.17) is 9.15 Å². The molecule has 1 heterocycles. The van der Waals surface area contributed by atoms with Crippen LogP contribution in [-0.2, 0) is 4.74 Å². The van der Waals surface area contributed by atoms with Gasteiger partial charge >= 0.3 is 5.97 Å². The van der Waals surface area contributed by atoms with Crippen LogP contribution in [-0.4, -0.2) is 12.6 Å². The fourth-order valence-electron chi connectivity index (χ4n) is 1.79. The number of ether oxygens (including phenoxy) is 1. The fourth-order valence-corrected chi connectivity index (χ4v) is 1.79. The minimum absolute atomic E-state index is 0.315. The minimum Gasteiger partial charge on any atom is -0.462 e. The Morgan fingerprint density at radius 1 is 1.38 bits per heavy atom. The van der Waals surface area contributed by atoms with Gasteiger partial charge in [0.05, 0.1) is 6.61 Å². The van der Waals surface area contributed by atoms with Gasteiger partial charge in [0, 0.05) is 5.39 Å². The van der Waals surface area contributed by atoms with E-state index in [9.17, 15) is 4.79 Å². The van der Waals surface area contributed by atoms with Gasteiger partial charge in [-0.2, -0.15) is 0 Å². The van der Waals surface area contributed by atoms with Gasteiger partial charge in [0.15, 0.2) is 0 Å². The summed E-state index contributed by atoms with van der Waals surface area (Å²) in [6, 6.07) is 5.78. The first-order valence-corrected chi connectivity index (χ1v) is 5.30. The predicted octanol–water partition coefficient (Wildman–Crippen LogP) is 3.23. The Morgan fingerprint density at radius 3 is 2.81 bits per heavy atom. The third-order valence-corrected chi connectivity index (χ3v) is 2.50. The van der Waals surface area contributed by atoms with Crippen molar-refractivity contribution >= 4 is 16.9 Å². The van der Waals surface area contributed by atoms with Crippen molar-refractivity contribution in [1.82, 2.24) is 0 Å². The van der Waals surface area contributed by atoms with Crippen LogP contribution in [0.25, 0.3) is 11.0 Å². The highest BCUT2D eigenvalue weighted by Crippen LogP contribution is 2.26. The zero-order valence-corrected chi connectivity index (χ0v) is 9.66.